The van der Waals surface area contributed by atoms with Crippen molar-refractivity contribution in [2.24, 2.45) is 5.92 Å². The Bertz CT molecular complexity index is 1270. The van der Waals surface area contributed by atoms with Crippen molar-refractivity contribution >= 4 is 29.3 Å². The van der Waals surface area contributed by atoms with E-state index in [0.717, 1.165) is 63.6 Å². The lowest BCUT2D eigenvalue weighted by atomic mass is 9.92. The van der Waals surface area contributed by atoms with Gasteiger partial charge in [0.2, 0.25) is 17.7 Å². The first-order chi connectivity index (χ1) is 22.0. The molecule has 2 fully saturated rings. The molecular weight excluding hydrogens is 600 g/mol. The van der Waals surface area contributed by atoms with Crippen LogP contribution >= 0.6 is 11.6 Å². The number of hydrogen-bond acceptors (Lipinski definition) is 6. The van der Waals surface area contributed by atoms with Gasteiger partial charge in [0.05, 0.1) is 0 Å². The Kier molecular flexibility index (Phi) is 13.5. The Morgan fingerprint density at radius 2 is 1.59 bits per heavy atom. The third kappa shape index (κ3) is 10.3. The number of nitrogens with zero attached hydrogens (tertiary/aromatic N) is 4. The Balaban J connectivity index is 0.000000523. The maximum atomic E-state index is 13.2. The minimum absolute atomic E-state index is 0.0137. The molecule has 46 heavy (non-hydrogen) atoms. The van der Waals surface area contributed by atoms with Gasteiger partial charge in [-0.15, -0.1) is 0 Å². The largest absolute Gasteiger partial charge is 0.345 e. The van der Waals surface area contributed by atoms with Crippen LogP contribution in [0.25, 0.3) is 0 Å². The second-order valence-electron chi connectivity index (χ2n) is 13.3. The number of benzene rings is 2. The molecular formula is C36H53ClN6O3. The summed E-state index contributed by atoms with van der Waals surface area (Å²) in [5, 5.41) is 12.1. The van der Waals surface area contributed by atoms with E-state index in [1.54, 1.807) is 13.8 Å². The Morgan fingerprint density at radius 3 is 2.20 bits per heavy atom. The summed E-state index contributed by atoms with van der Waals surface area (Å²) < 4.78 is 0. The molecule has 252 valence electrons. The molecule has 3 aliphatic heterocycles. The Morgan fingerprint density at radius 1 is 0.935 bits per heavy atom. The zero-order chi connectivity index (χ0) is 33.2. The number of rotatable bonds is 8. The number of nitrogens with one attached hydrogen (secondary N) is 2. The van der Waals surface area contributed by atoms with Gasteiger partial charge in [-0.3, -0.25) is 14.4 Å². The molecule has 0 spiro atoms. The first kappa shape index (κ1) is 35.9. The lowest BCUT2D eigenvalue weighted by Crippen LogP contribution is -2.61. The monoisotopic (exact) mass is 652 g/mol. The highest BCUT2D eigenvalue weighted by atomic mass is 35.5. The fourth-order valence-corrected chi connectivity index (χ4v) is 6.78. The van der Waals surface area contributed by atoms with Gasteiger partial charge in [-0.05, 0) is 68.8 Å². The fraction of sp³-hybridized carbons (Fsp3) is 0.583. The van der Waals surface area contributed by atoms with Gasteiger partial charge in [0.15, 0.2) is 0 Å². The molecule has 2 saturated heterocycles. The van der Waals surface area contributed by atoms with Crippen LogP contribution in [0.5, 0.6) is 0 Å². The number of carbonyl (C=O) groups is 3. The van der Waals surface area contributed by atoms with E-state index < -0.39 is 6.04 Å². The standard InChI is InChI=1S/C29H46N6O3.C7H7Cl/c1-21(2)20-35(25-10-13-32(14-11-25)23(4)36)34-17-15-33(16-18-34)29(38)22(3)31-28(37)19-27-26-8-6-5-7-24(26)9-12-30-27;1-6-2-4-7(8)5-3-6/h5-8,21-22,25,27,30H,9-20H2,1-4H3,(H,31,37);2-5H,1H3/t22-,27?;/m1./s1. The average molecular weight is 653 g/mol. The zero-order valence-corrected chi connectivity index (χ0v) is 29.1. The number of amides is 3. The maximum absolute atomic E-state index is 13.2. The zero-order valence-electron chi connectivity index (χ0n) is 28.3. The second-order valence-corrected chi connectivity index (χ2v) is 13.7. The number of halogens is 1. The summed E-state index contributed by atoms with van der Waals surface area (Å²) in [6.07, 6.45) is 3.26. The SMILES string of the molecule is CC(=O)N1CCC(N(CC(C)C)N2CCN(C(=O)[C@@H](C)NC(=O)CC3NCCc4ccccc43)CC2)CC1.Cc1ccc(Cl)cc1. The minimum Gasteiger partial charge on any atom is -0.345 e. The maximum Gasteiger partial charge on any atom is 0.244 e. The van der Waals surface area contributed by atoms with Crippen molar-refractivity contribution in [2.75, 3.05) is 52.4 Å². The van der Waals surface area contributed by atoms with E-state index in [2.05, 4.69) is 46.6 Å². The number of fused-ring (bicyclic) bond motifs is 1. The predicted molar refractivity (Wildman–Crippen MR) is 184 cm³/mol. The van der Waals surface area contributed by atoms with Gasteiger partial charge in [0, 0.05) is 76.3 Å². The molecule has 0 bridgehead atoms. The summed E-state index contributed by atoms with van der Waals surface area (Å²) in [4.78, 5) is 41.6. The van der Waals surface area contributed by atoms with Gasteiger partial charge in [0.25, 0.3) is 0 Å². The summed E-state index contributed by atoms with van der Waals surface area (Å²) in [5.74, 6) is 0.576. The van der Waals surface area contributed by atoms with Gasteiger partial charge >= 0.3 is 0 Å². The van der Waals surface area contributed by atoms with Gasteiger partial charge in [-0.1, -0.05) is 67.4 Å². The third-order valence-electron chi connectivity index (χ3n) is 9.18. The molecule has 10 heteroatoms. The number of piperazine rings is 1. The van der Waals surface area contributed by atoms with Crippen molar-refractivity contribution in [3.63, 3.8) is 0 Å². The second kappa shape index (κ2) is 17.3. The first-order valence-electron chi connectivity index (χ1n) is 16.9. The van der Waals surface area contributed by atoms with Crippen molar-refractivity contribution in [3.05, 3.63) is 70.2 Å². The van der Waals surface area contributed by atoms with Crippen LogP contribution in [0.1, 0.15) is 69.7 Å². The highest BCUT2D eigenvalue weighted by Crippen LogP contribution is 2.25. The molecule has 0 aromatic heterocycles. The fourth-order valence-electron chi connectivity index (χ4n) is 6.65. The highest BCUT2D eigenvalue weighted by molar-refractivity contribution is 6.30. The molecule has 0 radical (unpaired) electrons. The van der Waals surface area contributed by atoms with E-state index in [1.807, 2.05) is 53.1 Å². The van der Waals surface area contributed by atoms with Crippen LogP contribution in [0.4, 0.5) is 0 Å². The smallest absolute Gasteiger partial charge is 0.244 e. The number of aryl methyl sites for hydroxylation is 1. The normalized spacial score (nSPS) is 19.7. The lowest BCUT2D eigenvalue weighted by Gasteiger charge is -2.47. The number of carbonyl (C=O) groups excluding carboxylic acids is 3. The van der Waals surface area contributed by atoms with Gasteiger partial charge in [-0.25, -0.2) is 10.0 Å². The summed E-state index contributed by atoms with van der Waals surface area (Å²) in [6, 6.07) is 15.9. The highest BCUT2D eigenvalue weighted by Gasteiger charge is 2.33. The number of likely N-dealkylation sites (tertiary alicyclic amines) is 1. The van der Waals surface area contributed by atoms with E-state index in [1.165, 1.54) is 16.7 Å². The van der Waals surface area contributed by atoms with Crippen LogP contribution in [0.2, 0.25) is 5.02 Å². The van der Waals surface area contributed by atoms with E-state index in [-0.39, 0.29) is 23.8 Å². The molecule has 3 amide bonds. The van der Waals surface area contributed by atoms with E-state index in [9.17, 15) is 14.4 Å². The molecule has 2 aromatic carbocycles. The minimum atomic E-state index is -0.546. The van der Waals surface area contributed by atoms with Crippen molar-refractivity contribution in [3.8, 4) is 0 Å². The van der Waals surface area contributed by atoms with Crippen molar-refractivity contribution in [1.82, 2.24) is 30.5 Å². The van der Waals surface area contributed by atoms with Crippen molar-refractivity contribution < 1.29 is 14.4 Å². The molecule has 2 N–H and O–H groups in total. The van der Waals surface area contributed by atoms with Crippen LogP contribution in [-0.4, -0.2) is 102 Å². The van der Waals surface area contributed by atoms with E-state index >= 15 is 0 Å². The number of hydrazine groups is 1. The lowest BCUT2D eigenvalue weighted by molar-refractivity contribution is -0.145. The molecule has 2 aromatic rings. The topological polar surface area (TPSA) is 88.2 Å². The van der Waals surface area contributed by atoms with E-state index in [0.29, 0.717) is 31.5 Å². The van der Waals surface area contributed by atoms with Crippen LogP contribution in [0.15, 0.2) is 48.5 Å². The summed E-state index contributed by atoms with van der Waals surface area (Å²) in [7, 11) is 0. The Hall–Kier alpha value is -2.98. The molecule has 5 rings (SSSR count). The molecule has 1 unspecified atom stereocenters. The van der Waals surface area contributed by atoms with Crippen molar-refractivity contribution in [2.45, 2.75) is 78.4 Å². The summed E-state index contributed by atoms with van der Waals surface area (Å²) in [6.45, 7) is 16.3. The summed E-state index contributed by atoms with van der Waals surface area (Å²) in [5.41, 5.74) is 3.72. The molecule has 0 aliphatic carbocycles. The number of hydrogen-bond donors (Lipinski definition) is 2. The van der Waals surface area contributed by atoms with Crippen LogP contribution in [0.3, 0.4) is 0 Å². The molecule has 9 nitrogen and oxygen atoms in total. The third-order valence-corrected chi connectivity index (χ3v) is 9.43. The van der Waals surface area contributed by atoms with Gasteiger partial charge in [0.1, 0.15) is 6.04 Å². The quantitative estimate of drug-likeness (QED) is 0.439. The molecule has 0 saturated carbocycles. The first-order valence-corrected chi connectivity index (χ1v) is 17.3. The van der Waals surface area contributed by atoms with Crippen LogP contribution in [0, 0.1) is 12.8 Å². The average Bonchev–Trinajstić information content (AvgIpc) is 3.05. The predicted octanol–water partition coefficient (Wildman–Crippen LogP) is 4.44. The van der Waals surface area contributed by atoms with Crippen LogP contribution in [-0.2, 0) is 20.8 Å². The van der Waals surface area contributed by atoms with E-state index in [4.69, 9.17) is 11.6 Å². The van der Waals surface area contributed by atoms with Gasteiger partial charge < -0.3 is 20.4 Å². The molecule has 3 heterocycles. The Labute approximate surface area is 280 Å². The summed E-state index contributed by atoms with van der Waals surface area (Å²) >= 11 is 5.61. The molecule has 2 atom stereocenters. The number of piperidine rings is 1. The van der Waals surface area contributed by atoms with Crippen LogP contribution < -0.4 is 10.6 Å². The van der Waals surface area contributed by atoms with Crippen molar-refractivity contribution in [1.29, 1.82) is 0 Å². The molecule has 3 aliphatic rings. The van der Waals surface area contributed by atoms with Gasteiger partial charge in [-0.2, -0.15) is 0 Å².